The van der Waals surface area contributed by atoms with Crippen molar-refractivity contribution in [2.75, 3.05) is 33.8 Å². The van der Waals surface area contributed by atoms with Gasteiger partial charge in [0.05, 0.1) is 19.2 Å². The van der Waals surface area contributed by atoms with E-state index in [0.29, 0.717) is 36.6 Å². The fourth-order valence-corrected chi connectivity index (χ4v) is 4.73. The van der Waals surface area contributed by atoms with Crippen molar-refractivity contribution >= 4 is 11.8 Å². The number of benzene rings is 2. The van der Waals surface area contributed by atoms with Gasteiger partial charge in [-0.25, -0.2) is 4.99 Å². The lowest BCUT2D eigenvalue weighted by Gasteiger charge is -2.31. The second-order valence-electron chi connectivity index (χ2n) is 8.88. The van der Waals surface area contributed by atoms with Gasteiger partial charge in [-0.05, 0) is 31.2 Å². The predicted octanol–water partition coefficient (Wildman–Crippen LogP) is 4.23. The third kappa shape index (κ3) is 5.31. The van der Waals surface area contributed by atoms with Crippen LogP contribution in [-0.4, -0.2) is 50.5 Å². The van der Waals surface area contributed by atoms with Gasteiger partial charge < -0.3 is 20.3 Å². The van der Waals surface area contributed by atoms with Gasteiger partial charge in [-0.3, -0.25) is 4.79 Å². The van der Waals surface area contributed by atoms with E-state index in [2.05, 4.69) is 20.5 Å². The molecule has 0 saturated carbocycles. The average Bonchev–Trinajstić information content (AvgIpc) is 3.25. The van der Waals surface area contributed by atoms with E-state index in [9.17, 15) is 18.0 Å². The van der Waals surface area contributed by atoms with E-state index in [1.165, 1.54) is 19.2 Å². The summed E-state index contributed by atoms with van der Waals surface area (Å²) in [5.41, 5.74) is 2.19. The predicted molar refractivity (Wildman–Crippen MR) is 132 cm³/mol. The Labute approximate surface area is 208 Å². The monoisotopic (exact) mass is 498 g/mol. The van der Waals surface area contributed by atoms with Gasteiger partial charge in [0.2, 0.25) is 11.8 Å². The van der Waals surface area contributed by atoms with Crippen LogP contribution in [0.15, 0.2) is 82.1 Å². The number of allylic oxidation sites excluding steroid dienone is 1. The number of nitrogens with zero attached hydrogens (tertiary/aromatic N) is 2. The third-order valence-electron chi connectivity index (χ3n) is 6.35. The molecule has 2 N–H and O–H groups in total. The van der Waals surface area contributed by atoms with Gasteiger partial charge in [-0.15, -0.1) is 0 Å². The number of nitrogens with one attached hydrogen (secondary N) is 2. The summed E-state index contributed by atoms with van der Waals surface area (Å²) in [4.78, 5) is 19.9. The number of alkyl halides is 3. The van der Waals surface area contributed by atoms with Crippen molar-refractivity contribution in [2.45, 2.75) is 25.6 Å². The van der Waals surface area contributed by atoms with Crippen LogP contribution in [0.2, 0.25) is 0 Å². The van der Waals surface area contributed by atoms with E-state index in [4.69, 9.17) is 4.74 Å². The molecule has 0 bridgehead atoms. The van der Waals surface area contributed by atoms with Gasteiger partial charge in [0.25, 0.3) is 0 Å². The number of carbonyl (C=O) groups is 1. The van der Waals surface area contributed by atoms with E-state index < -0.39 is 23.6 Å². The van der Waals surface area contributed by atoms with Crippen LogP contribution in [-0.2, 0) is 22.3 Å². The van der Waals surface area contributed by atoms with Crippen molar-refractivity contribution in [3.05, 3.63) is 93.8 Å². The zero-order valence-corrected chi connectivity index (χ0v) is 20.4. The Bertz CT molecular complexity index is 1220. The molecule has 2 heterocycles. The second kappa shape index (κ2) is 10.6. The number of carbonyl (C=O) groups excluding carboxylic acids is 1. The highest BCUT2D eigenvalue weighted by Crippen LogP contribution is 2.45. The van der Waals surface area contributed by atoms with Crippen molar-refractivity contribution in [2.24, 2.45) is 4.99 Å². The van der Waals surface area contributed by atoms with Gasteiger partial charge in [0.1, 0.15) is 0 Å². The number of dihydropyridines is 1. The molecule has 9 heteroatoms. The quantitative estimate of drug-likeness (QED) is 0.600. The normalized spacial score (nSPS) is 17.6. The lowest BCUT2D eigenvalue weighted by Crippen LogP contribution is -2.39. The highest BCUT2D eigenvalue weighted by atomic mass is 19.4. The van der Waals surface area contributed by atoms with E-state index in [0.717, 1.165) is 11.6 Å². The van der Waals surface area contributed by atoms with Crippen molar-refractivity contribution in [1.29, 1.82) is 0 Å². The van der Waals surface area contributed by atoms with Crippen LogP contribution in [0.25, 0.3) is 0 Å². The number of ether oxygens (including phenoxy) is 1. The minimum Gasteiger partial charge on any atom is -0.481 e. The summed E-state index contributed by atoms with van der Waals surface area (Å²) in [6.07, 6.45) is -4.58. The molecule has 2 aromatic rings. The average molecular weight is 499 g/mol. The molecule has 4 rings (SSSR count). The summed E-state index contributed by atoms with van der Waals surface area (Å²) < 4.78 is 47.4. The minimum atomic E-state index is -4.58. The topological polar surface area (TPSA) is 66.0 Å². The number of rotatable bonds is 7. The molecule has 36 heavy (non-hydrogen) atoms. The molecule has 0 fully saturated rings. The number of aliphatic imine (C=N–C) groups is 1. The first-order valence-corrected chi connectivity index (χ1v) is 11.7. The SMILES string of the molecule is COC1=NCC2=C1C(c1ccccc1C(F)(F)F)C(C(=O)NCCN(C)Cc1ccccc1)=C(C)N2. The highest BCUT2D eigenvalue weighted by Gasteiger charge is 2.43. The molecule has 1 amide bonds. The number of likely N-dealkylation sites (N-methyl/N-ethyl adjacent to an activating group) is 1. The van der Waals surface area contributed by atoms with Crippen LogP contribution in [0.5, 0.6) is 0 Å². The molecule has 0 aliphatic carbocycles. The van der Waals surface area contributed by atoms with Crippen LogP contribution in [0, 0.1) is 0 Å². The van der Waals surface area contributed by atoms with Crippen LogP contribution < -0.4 is 10.6 Å². The van der Waals surface area contributed by atoms with Crippen molar-refractivity contribution in [3.63, 3.8) is 0 Å². The maximum absolute atomic E-state index is 14.0. The molecule has 2 aromatic carbocycles. The Hall–Kier alpha value is -3.59. The van der Waals surface area contributed by atoms with Gasteiger partial charge >= 0.3 is 6.18 Å². The zero-order valence-electron chi connectivity index (χ0n) is 20.4. The number of hydrogen-bond acceptors (Lipinski definition) is 5. The van der Waals surface area contributed by atoms with Crippen LogP contribution >= 0.6 is 0 Å². The fourth-order valence-electron chi connectivity index (χ4n) is 4.73. The Morgan fingerprint density at radius 3 is 2.56 bits per heavy atom. The smallest absolute Gasteiger partial charge is 0.416 e. The molecule has 2 aliphatic rings. The van der Waals surface area contributed by atoms with Gasteiger partial charge in [-0.2, -0.15) is 13.2 Å². The molecular formula is C27H29F3N4O2. The van der Waals surface area contributed by atoms with E-state index in [1.54, 1.807) is 13.0 Å². The summed E-state index contributed by atoms with van der Waals surface area (Å²) in [6, 6.07) is 15.3. The van der Waals surface area contributed by atoms with Crippen LogP contribution in [0.3, 0.4) is 0 Å². The van der Waals surface area contributed by atoms with Crippen LogP contribution in [0.4, 0.5) is 13.2 Å². The number of halogens is 3. The van der Waals surface area contributed by atoms with Gasteiger partial charge in [0.15, 0.2) is 0 Å². The Kier molecular flexibility index (Phi) is 7.49. The molecule has 1 atom stereocenters. The zero-order chi connectivity index (χ0) is 25.9. The van der Waals surface area contributed by atoms with E-state index in [-0.39, 0.29) is 23.6 Å². The molecule has 0 radical (unpaired) electrons. The standard InChI is InChI=1S/C27H29F3N4O2/c1-17-22(25(35)31-13-14-34(2)16-18-9-5-4-6-10-18)23(24-21(33-17)15-32-26(24)36-3)19-11-7-8-12-20(19)27(28,29)30/h4-12,23,33H,13-16H2,1-3H3,(H,31,35). The minimum absolute atomic E-state index is 0.00338. The van der Waals surface area contributed by atoms with E-state index in [1.807, 2.05) is 37.4 Å². The molecule has 0 spiro atoms. The van der Waals surface area contributed by atoms with Gasteiger partial charge in [0, 0.05) is 48.1 Å². The van der Waals surface area contributed by atoms with E-state index >= 15 is 0 Å². The highest BCUT2D eigenvalue weighted by molar-refractivity contribution is 6.05. The van der Waals surface area contributed by atoms with Crippen molar-refractivity contribution in [3.8, 4) is 0 Å². The Morgan fingerprint density at radius 1 is 1.17 bits per heavy atom. The number of hydrogen-bond donors (Lipinski definition) is 2. The Balaban J connectivity index is 1.60. The third-order valence-corrected chi connectivity index (χ3v) is 6.35. The molecule has 0 aromatic heterocycles. The number of methoxy groups -OCH3 is 1. The summed E-state index contributed by atoms with van der Waals surface area (Å²) in [5, 5.41) is 6.08. The van der Waals surface area contributed by atoms with Gasteiger partial charge in [-0.1, -0.05) is 48.5 Å². The maximum Gasteiger partial charge on any atom is 0.416 e. The molecule has 1 unspecified atom stereocenters. The summed E-state index contributed by atoms with van der Waals surface area (Å²) in [5.74, 6) is -1.16. The number of amides is 1. The maximum atomic E-state index is 14.0. The largest absolute Gasteiger partial charge is 0.481 e. The molecule has 190 valence electrons. The van der Waals surface area contributed by atoms with Crippen LogP contribution in [0.1, 0.15) is 29.5 Å². The van der Waals surface area contributed by atoms with Crippen molar-refractivity contribution < 1.29 is 22.7 Å². The summed E-state index contributed by atoms with van der Waals surface area (Å²) >= 11 is 0. The molecule has 2 aliphatic heterocycles. The first-order chi connectivity index (χ1) is 17.2. The molecule has 0 saturated heterocycles. The second-order valence-corrected chi connectivity index (χ2v) is 8.88. The first kappa shape index (κ1) is 25.5. The molecular weight excluding hydrogens is 469 g/mol. The summed E-state index contributed by atoms with van der Waals surface area (Å²) in [7, 11) is 3.38. The van der Waals surface area contributed by atoms with Crippen molar-refractivity contribution in [1.82, 2.24) is 15.5 Å². The summed E-state index contributed by atoms with van der Waals surface area (Å²) in [6.45, 7) is 3.58. The first-order valence-electron chi connectivity index (χ1n) is 11.7. The molecule has 6 nitrogen and oxygen atoms in total. The Morgan fingerprint density at radius 2 is 1.86 bits per heavy atom. The fraction of sp³-hybridized carbons (Fsp3) is 0.333. The lowest BCUT2D eigenvalue weighted by molar-refractivity contribution is -0.138. The lowest BCUT2D eigenvalue weighted by atomic mass is 9.78.